The molecule has 3 aromatic carbocycles. The summed E-state index contributed by atoms with van der Waals surface area (Å²) in [4.78, 5) is 12.3. The summed E-state index contributed by atoms with van der Waals surface area (Å²) in [6, 6.07) is 10.3. The number of ether oxygens (including phenoxy) is 3. The lowest BCUT2D eigenvalue weighted by Gasteiger charge is -2.20. The van der Waals surface area contributed by atoms with E-state index in [2.05, 4.69) is 0 Å². The number of quaternary nitrogens is 1. The lowest BCUT2D eigenvalue weighted by molar-refractivity contribution is -0.990. The van der Waals surface area contributed by atoms with E-state index in [9.17, 15) is 15.2 Å². The summed E-state index contributed by atoms with van der Waals surface area (Å²) < 4.78 is 15.7. The zero-order chi connectivity index (χ0) is 18.1. The summed E-state index contributed by atoms with van der Waals surface area (Å²) in [7, 11) is 4.16. The van der Waals surface area contributed by atoms with Gasteiger partial charge in [-0.1, -0.05) is 24.3 Å². The van der Waals surface area contributed by atoms with Crippen LogP contribution in [0, 0.1) is 5.21 Å². The van der Waals surface area contributed by atoms with Crippen molar-refractivity contribution in [3.05, 3.63) is 47.2 Å². The number of hydrogen-bond acceptors (Lipinski definition) is 6. The van der Waals surface area contributed by atoms with Gasteiger partial charge in [0.15, 0.2) is 17.2 Å². The third-order valence-corrected chi connectivity index (χ3v) is 4.10. The van der Waals surface area contributed by atoms with Gasteiger partial charge in [0.2, 0.25) is 0 Å². The maximum atomic E-state index is 12.3. The number of methoxy groups -OCH3 is 3. The molecule has 0 saturated carbocycles. The number of rotatable bonds is 4. The largest absolute Gasteiger partial charge is 0.595 e. The first kappa shape index (κ1) is 17.0. The molecule has 0 amide bonds. The predicted molar refractivity (Wildman–Crippen MR) is 91.7 cm³/mol. The highest BCUT2D eigenvalue weighted by Crippen LogP contribution is 2.44. The Bertz CT molecular complexity index is 967. The molecule has 25 heavy (non-hydrogen) atoms. The lowest BCUT2D eigenvalue weighted by atomic mass is 9.95. The second-order valence-electron chi connectivity index (χ2n) is 5.35. The molecule has 0 aromatic heterocycles. The van der Waals surface area contributed by atoms with Crippen LogP contribution in [-0.2, 0) is 4.74 Å². The third kappa shape index (κ3) is 2.64. The van der Waals surface area contributed by atoms with Crippen LogP contribution in [0.1, 0.15) is 10.4 Å². The summed E-state index contributed by atoms with van der Waals surface area (Å²) in [6.07, 6.45) is 0. The zero-order valence-electron chi connectivity index (χ0n) is 14.0. The molecule has 3 aromatic rings. The number of nitrogens with one attached hydrogen (secondary N) is 1. The van der Waals surface area contributed by atoms with Crippen LogP contribution in [0.4, 0.5) is 5.69 Å². The van der Waals surface area contributed by atoms with Crippen molar-refractivity contribution in [2.75, 3.05) is 21.3 Å². The number of fused-ring (bicyclic) bond motifs is 3. The van der Waals surface area contributed by atoms with Crippen molar-refractivity contribution < 1.29 is 29.4 Å². The average Bonchev–Trinajstić information content (AvgIpc) is 2.64. The topological polar surface area (TPSA) is 92.5 Å². The number of carbonyl (C=O) groups is 1. The van der Waals surface area contributed by atoms with Gasteiger partial charge in [-0.25, -0.2) is 10.0 Å². The van der Waals surface area contributed by atoms with Gasteiger partial charge in [0, 0.05) is 11.5 Å². The molecule has 0 spiro atoms. The fourth-order valence-corrected chi connectivity index (χ4v) is 3.05. The van der Waals surface area contributed by atoms with Crippen LogP contribution in [0.3, 0.4) is 0 Å². The molecule has 0 heterocycles. The third-order valence-electron chi connectivity index (χ3n) is 4.10. The van der Waals surface area contributed by atoms with Gasteiger partial charge in [-0.05, 0) is 16.8 Å². The van der Waals surface area contributed by atoms with E-state index in [1.54, 1.807) is 12.1 Å². The van der Waals surface area contributed by atoms with Crippen LogP contribution >= 0.6 is 0 Å². The molecular formula is C18H17NO6. The standard InChI is InChI=1S/C18H17NO6/c1-23-14-9-12(18(20)25-3)15-13(19(21)22)8-10-6-4-5-7-11(10)16(15)17(14)24-2/h4-9,19,21H,1-3H3. The van der Waals surface area contributed by atoms with Crippen molar-refractivity contribution in [2.45, 2.75) is 0 Å². The minimum atomic E-state index is -1.15. The number of benzene rings is 3. The highest BCUT2D eigenvalue weighted by molar-refractivity contribution is 6.21. The molecule has 0 bridgehead atoms. The summed E-state index contributed by atoms with van der Waals surface area (Å²) in [5.41, 5.74) is 0.105. The van der Waals surface area contributed by atoms with Crippen LogP contribution in [0.2, 0.25) is 0 Å². The molecular weight excluding hydrogens is 326 g/mol. The van der Waals surface area contributed by atoms with E-state index < -0.39 is 11.2 Å². The van der Waals surface area contributed by atoms with E-state index in [-0.39, 0.29) is 16.6 Å². The number of hydrogen-bond donors (Lipinski definition) is 2. The Hall–Kier alpha value is -2.87. The molecule has 0 saturated heterocycles. The van der Waals surface area contributed by atoms with E-state index in [1.807, 2.05) is 18.2 Å². The van der Waals surface area contributed by atoms with Gasteiger partial charge in [-0.2, -0.15) is 5.23 Å². The maximum absolute atomic E-state index is 12.3. The van der Waals surface area contributed by atoms with Crippen molar-refractivity contribution in [3.8, 4) is 11.5 Å². The quantitative estimate of drug-likeness (QED) is 0.429. The van der Waals surface area contributed by atoms with Crippen molar-refractivity contribution in [1.29, 1.82) is 0 Å². The fraction of sp³-hybridized carbons (Fsp3) is 0.167. The lowest BCUT2D eigenvalue weighted by Crippen LogP contribution is -2.99. The number of esters is 1. The van der Waals surface area contributed by atoms with E-state index in [0.29, 0.717) is 16.9 Å². The van der Waals surface area contributed by atoms with E-state index in [4.69, 9.17) is 14.2 Å². The van der Waals surface area contributed by atoms with E-state index in [0.717, 1.165) is 10.8 Å². The Balaban J connectivity index is 2.65. The zero-order valence-corrected chi connectivity index (χ0v) is 14.0. The Kier molecular flexibility index (Phi) is 4.45. The van der Waals surface area contributed by atoms with E-state index >= 15 is 0 Å². The van der Waals surface area contributed by atoms with Gasteiger partial charge in [0.1, 0.15) is 0 Å². The van der Waals surface area contributed by atoms with Gasteiger partial charge in [0.05, 0.1) is 32.3 Å². The molecule has 1 atom stereocenters. The minimum Gasteiger partial charge on any atom is -0.595 e. The molecule has 0 radical (unpaired) electrons. The minimum absolute atomic E-state index is 0.00458. The normalized spacial score (nSPS) is 12.2. The molecule has 1 unspecified atom stereocenters. The van der Waals surface area contributed by atoms with Crippen molar-refractivity contribution >= 4 is 33.2 Å². The molecule has 130 valence electrons. The predicted octanol–water partition coefficient (Wildman–Crippen LogP) is 2.20. The molecule has 0 aliphatic heterocycles. The molecule has 7 heteroatoms. The molecule has 3 rings (SSSR count). The highest BCUT2D eigenvalue weighted by atomic mass is 16.8. The molecule has 7 nitrogen and oxygen atoms in total. The SMILES string of the molecule is COC(=O)c1cc(OC)c(OC)c2c1c([NH+]([O-])O)cc1ccccc12. The first-order valence-electron chi connectivity index (χ1n) is 7.45. The van der Waals surface area contributed by atoms with Gasteiger partial charge < -0.3 is 19.4 Å². The van der Waals surface area contributed by atoms with Crippen LogP contribution in [-0.4, -0.2) is 32.5 Å². The maximum Gasteiger partial charge on any atom is 0.338 e. The van der Waals surface area contributed by atoms with Crippen molar-refractivity contribution in [2.24, 2.45) is 0 Å². The van der Waals surface area contributed by atoms with Crippen molar-refractivity contribution in [1.82, 2.24) is 0 Å². The van der Waals surface area contributed by atoms with Gasteiger partial charge >= 0.3 is 5.97 Å². The molecule has 0 aliphatic carbocycles. The Labute approximate surface area is 143 Å². The average molecular weight is 343 g/mol. The van der Waals surface area contributed by atoms with Gasteiger partial charge in [0.25, 0.3) is 0 Å². The van der Waals surface area contributed by atoms with Crippen LogP contribution in [0.5, 0.6) is 11.5 Å². The first-order valence-corrected chi connectivity index (χ1v) is 7.45. The van der Waals surface area contributed by atoms with Crippen molar-refractivity contribution in [3.63, 3.8) is 0 Å². The monoisotopic (exact) mass is 343 g/mol. The second kappa shape index (κ2) is 6.56. The van der Waals surface area contributed by atoms with Crippen LogP contribution in [0.25, 0.3) is 21.5 Å². The summed E-state index contributed by atoms with van der Waals surface area (Å²) in [6.45, 7) is 0. The smallest absolute Gasteiger partial charge is 0.338 e. The summed E-state index contributed by atoms with van der Waals surface area (Å²) >= 11 is 0. The Morgan fingerprint density at radius 2 is 1.80 bits per heavy atom. The second-order valence-corrected chi connectivity index (χ2v) is 5.35. The summed E-state index contributed by atoms with van der Waals surface area (Å²) in [5, 5.41) is 22.6. The molecule has 2 N–H and O–H groups in total. The van der Waals surface area contributed by atoms with Crippen LogP contribution < -0.4 is 14.7 Å². The Morgan fingerprint density at radius 1 is 1.08 bits per heavy atom. The fourth-order valence-electron chi connectivity index (χ4n) is 3.05. The molecule has 0 fully saturated rings. The number of carbonyl (C=O) groups excluding carboxylic acids is 1. The van der Waals surface area contributed by atoms with E-state index in [1.165, 1.54) is 27.4 Å². The highest BCUT2D eigenvalue weighted by Gasteiger charge is 2.25. The van der Waals surface area contributed by atoms with Gasteiger partial charge in [-0.3, -0.25) is 0 Å². The Morgan fingerprint density at radius 3 is 2.40 bits per heavy atom. The summed E-state index contributed by atoms with van der Waals surface area (Å²) in [5.74, 6) is 0.0382. The molecule has 0 aliphatic rings. The first-order chi connectivity index (χ1) is 12.0. The van der Waals surface area contributed by atoms with Gasteiger partial charge in [-0.15, -0.1) is 0 Å². The van der Waals surface area contributed by atoms with Crippen LogP contribution in [0.15, 0.2) is 36.4 Å².